The number of aromatic nitrogens is 6. The number of benzene rings is 3. The van der Waals surface area contributed by atoms with Crippen LogP contribution in [0.3, 0.4) is 0 Å². The molecule has 18 nitrogen and oxygen atoms in total. The van der Waals surface area contributed by atoms with Crippen molar-refractivity contribution in [1.29, 1.82) is 0 Å². The molecule has 6 aromatic rings. The summed E-state index contributed by atoms with van der Waals surface area (Å²) < 4.78 is 22.6. The molecular formula is C60H75N9O9. The van der Waals surface area contributed by atoms with E-state index in [1.807, 2.05) is 131 Å². The summed E-state index contributed by atoms with van der Waals surface area (Å²) >= 11 is 0. The van der Waals surface area contributed by atoms with Gasteiger partial charge < -0.3 is 57.9 Å². The molecule has 0 unspecified atom stereocenters. The first-order chi connectivity index (χ1) is 36.9. The number of carbonyl (C=O) groups excluding carboxylic acids is 3. The molecule has 3 amide bonds. The second-order valence-corrected chi connectivity index (χ2v) is 24.9. The lowest BCUT2D eigenvalue weighted by Gasteiger charge is -2.43. The van der Waals surface area contributed by atoms with Crippen molar-refractivity contribution in [3.05, 3.63) is 127 Å². The Kier molecular flexibility index (Phi) is 14.2. The van der Waals surface area contributed by atoms with Gasteiger partial charge in [-0.25, -0.2) is 29.3 Å². The Hall–Kier alpha value is -7.02. The Morgan fingerprint density at radius 3 is 0.962 bits per heavy atom. The van der Waals surface area contributed by atoms with E-state index in [2.05, 4.69) is 51.4 Å². The lowest BCUT2D eigenvalue weighted by atomic mass is 9.82. The number of aliphatic hydroxyl groups is 3. The van der Waals surface area contributed by atoms with Crippen molar-refractivity contribution in [1.82, 2.24) is 43.4 Å². The molecule has 3 aromatic carbocycles. The first-order valence-corrected chi connectivity index (χ1v) is 27.3. The maximum absolute atomic E-state index is 12.5. The van der Waals surface area contributed by atoms with Gasteiger partial charge in [0, 0.05) is 36.3 Å². The molecule has 0 aliphatic carbocycles. The van der Waals surface area contributed by atoms with Gasteiger partial charge in [-0.3, -0.25) is 0 Å². The zero-order valence-corrected chi connectivity index (χ0v) is 46.4. The molecule has 0 bridgehead atoms. The van der Waals surface area contributed by atoms with Crippen LogP contribution in [0.25, 0.3) is 33.8 Å². The standard InChI is InChI=1S/3C20H25N3O3/c3*1-19(2,3)26-18(24)22-10-6-9-20(25,12-22)17-15-8-5-4-7-14(15)16-11-21-13-23(16)17/h3*4-5,7-8,11,13,17,25H,6,9-10,12H2,1-3H3/t2*17-,20+;17-,20-/m101/s1. The Morgan fingerprint density at radius 2 is 0.705 bits per heavy atom. The lowest BCUT2D eigenvalue weighted by Crippen LogP contribution is -2.55. The fraction of sp³-hybridized carbons (Fsp3) is 0.500. The van der Waals surface area contributed by atoms with Gasteiger partial charge in [0.05, 0.1) is 92.4 Å². The van der Waals surface area contributed by atoms with Gasteiger partial charge in [0.2, 0.25) is 0 Å². The zero-order chi connectivity index (χ0) is 55.6. The van der Waals surface area contributed by atoms with E-state index in [0.29, 0.717) is 38.9 Å². The predicted molar refractivity (Wildman–Crippen MR) is 293 cm³/mol. The van der Waals surface area contributed by atoms with E-state index < -0.39 is 33.6 Å². The highest BCUT2D eigenvalue weighted by Gasteiger charge is 2.51. The number of β-amino-alcohol motifs (C(OH)–C–C–N with tert-alkyl or cyclic N) is 3. The molecule has 0 spiro atoms. The number of ether oxygens (including phenoxy) is 3. The van der Waals surface area contributed by atoms with E-state index in [4.69, 9.17) is 14.2 Å². The van der Waals surface area contributed by atoms with Crippen LogP contribution in [0.4, 0.5) is 14.4 Å². The summed E-state index contributed by atoms with van der Waals surface area (Å²) in [5, 5.41) is 34.8. The quantitative estimate of drug-likeness (QED) is 0.142. The van der Waals surface area contributed by atoms with E-state index in [9.17, 15) is 29.7 Å². The van der Waals surface area contributed by atoms with Crippen LogP contribution in [0.5, 0.6) is 0 Å². The summed E-state index contributed by atoms with van der Waals surface area (Å²) in [6, 6.07) is 23.5. The summed E-state index contributed by atoms with van der Waals surface area (Å²) in [5.41, 5.74) is 4.73. The van der Waals surface area contributed by atoms with Gasteiger partial charge >= 0.3 is 18.3 Å². The number of piperidine rings is 3. The minimum atomic E-state index is -1.06. The first kappa shape index (κ1) is 54.3. The van der Waals surface area contributed by atoms with Gasteiger partial charge in [-0.15, -0.1) is 0 Å². The number of imidazole rings is 3. The average Bonchev–Trinajstić information content (AvgIpc) is 4.42. The molecule has 18 heteroatoms. The topological polar surface area (TPSA) is 203 Å². The molecule has 78 heavy (non-hydrogen) atoms. The lowest BCUT2D eigenvalue weighted by molar-refractivity contribution is -0.0626. The van der Waals surface area contributed by atoms with Crippen LogP contribution < -0.4 is 0 Å². The van der Waals surface area contributed by atoms with Crippen LogP contribution in [-0.2, 0) is 14.2 Å². The fourth-order valence-corrected chi connectivity index (χ4v) is 12.5. The molecule has 6 atom stereocenters. The van der Waals surface area contributed by atoms with Gasteiger partial charge in [-0.05, 0) is 118 Å². The van der Waals surface area contributed by atoms with Crippen molar-refractivity contribution >= 4 is 18.3 Å². The monoisotopic (exact) mass is 1070 g/mol. The van der Waals surface area contributed by atoms with Gasteiger partial charge in [-0.1, -0.05) is 72.8 Å². The number of rotatable bonds is 3. The minimum absolute atomic E-state index is 0.249. The van der Waals surface area contributed by atoms with Crippen molar-refractivity contribution in [2.24, 2.45) is 0 Å². The summed E-state index contributed by atoms with van der Waals surface area (Å²) in [4.78, 5) is 55.3. The first-order valence-electron chi connectivity index (χ1n) is 27.3. The fourth-order valence-electron chi connectivity index (χ4n) is 12.5. The van der Waals surface area contributed by atoms with Gasteiger partial charge in [0.1, 0.15) is 33.6 Å². The number of hydrogen-bond acceptors (Lipinski definition) is 12. The van der Waals surface area contributed by atoms with E-state index in [-0.39, 0.29) is 56.0 Å². The number of hydrogen-bond donors (Lipinski definition) is 3. The molecule has 9 heterocycles. The highest BCUT2D eigenvalue weighted by atomic mass is 16.6. The normalized spacial score (nSPS) is 24.9. The Balaban J connectivity index is 0.000000132. The van der Waals surface area contributed by atoms with Crippen molar-refractivity contribution < 1.29 is 43.9 Å². The Labute approximate surface area is 456 Å². The number of nitrogens with zero attached hydrogens (tertiary/aromatic N) is 9. The molecule has 12 rings (SSSR count). The van der Waals surface area contributed by atoms with E-state index in [1.54, 1.807) is 33.7 Å². The molecule has 3 N–H and O–H groups in total. The van der Waals surface area contributed by atoms with Crippen LogP contribution in [0.2, 0.25) is 0 Å². The highest BCUT2D eigenvalue weighted by Crippen LogP contribution is 2.50. The third kappa shape index (κ3) is 10.7. The molecule has 0 saturated carbocycles. The van der Waals surface area contributed by atoms with Gasteiger partial charge in [-0.2, -0.15) is 0 Å². The molecule has 3 saturated heterocycles. The van der Waals surface area contributed by atoms with Crippen LogP contribution in [0.1, 0.15) is 136 Å². The molecule has 6 aliphatic heterocycles. The molecule has 3 fully saturated rings. The summed E-state index contributed by atoms with van der Waals surface area (Å²) in [5.74, 6) is 0. The highest BCUT2D eigenvalue weighted by molar-refractivity contribution is 5.73. The van der Waals surface area contributed by atoms with Crippen molar-refractivity contribution in [2.75, 3.05) is 39.3 Å². The summed E-state index contributed by atoms with van der Waals surface area (Å²) in [6.07, 6.45) is 13.8. The third-order valence-electron chi connectivity index (χ3n) is 15.4. The van der Waals surface area contributed by atoms with Crippen LogP contribution in [-0.4, -0.2) is 150 Å². The molecule has 414 valence electrons. The van der Waals surface area contributed by atoms with E-state index in [0.717, 1.165) is 69.7 Å². The molecule has 0 radical (unpaired) electrons. The predicted octanol–water partition coefficient (Wildman–Crippen LogP) is 9.64. The van der Waals surface area contributed by atoms with Crippen molar-refractivity contribution in [3.8, 4) is 33.8 Å². The zero-order valence-electron chi connectivity index (χ0n) is 46.4. The summed E-state index contributed by atoms with van der Waals surface area (Å²) in [7, 11) is 0. The van der Waals surface area contributed by atoms with Crippen LogP contribution in [0, 0.1) is 0 Å². The molecular weight excluding hydrogens is 991 g/mol. The van der Waals surface area contributed by atoms with Crippen LogP contribution in [0.15, 0.2) is 110 Å². The van der Waals surface area contributed by atoms with Crippen LogP contribution >= 0.6 is 0 Å². The van der Waals surface area contributed by atoms with Gasteiger partial charge in [0.25, 0.3) is 0 Å². The number of amides is 3. The third-order valence-corrected chi connectivity index (χ3v) is 15.4. The maximum atomic E-state index is 12.5. The largest absolute Gasteiger partial charge is 0.444 e. The maximum Gasteiger partial charge on any atom is 0.410 e. The Morgan fingerprint density at radius 1 is 0.449 bits per heavy atom. The van der Waals surface area contributed by atoms with E-state index >= 15 is 0 Å². The number of likely N-dealkylation sites (tertiary alicyclic amines) is 3. The van der Waals surface area contributed by atoms with E-state index in [1.165, 1.54) is 0 Å². The average molecular weight is 1070 g/mol. The molecule has 3 aromatic heterocycles. The second kappa shape index (κ2) is 20.3. The minimum Gasteiger partial charge on any atom is -0.444 e. The molecule has 6 aliphatic rings. The SMILES string of the molecule is CC(C)(C)OC(=O)N1CCC[C@@](O)([C@H]2c3ccccc3-c3cncn32)C1.CC(C)(C)OC(=O)N1CCC[C@](O)([C@@H]2c3ccccc3-c3cncn32)C1.CC(C)(C)OC(=O)N1CCC[C@](O)([C@H]2c3ccccc3-c3cncn32)C1. The second-order valence-electron chi connectivity index (χ2n) is 24.9. The number of fused-ring (bicyclic) bond motifs is 9. The Bertz CT molecular complexity index is 2850. The number of carbonyl (C=O) groups is 3. The van der Waals surface area contributed by atoms with Crippen molar-refractivity contribution in [3.63, 3.8) is 0 Å². The summed E-state index contributed by atoms with van der Waals surface area (Å²) in [6.45, 7) is 19.2. The smallest absolute Gasteiger partial charge is 0.410 e. The van der Waals surface area contributed by atoms with Gasteiger partial charge in [0.15, 0.2) is 0 Å². The van der Waals surface area contributed by atoms with Crippen molar-refractivity contribution in [2.45, 2.75) is 153 Å².